The minimum atomic E-state index is -0.227. The minimum Gasteiger partial charge on any atom is -0.441 e. The molecule has 0 bridgehead atoms. The zero-order chi connectivity index (χ0) is 21.6. The van der Waals surface area contributed by atoms with Gasteiger partial charge in [0.2, 0.25) is 5.91 Å². The molecule has 31 heavy (non-hydrogen) atoms. The van der Waals surface area contributed by atoms with Crippen LogP contribution in [0.4, 0.5) is 5.69 Å². The van der Waals surface area contributed by atoms with Crippen molar-refractivity contribution in [1.82, 2.24) is 9.88 Å². The van der Waals surface area contributed by atoms with Crippen LogP contribution in [0.3, 0.4) is 0 Å². The van der Waals surface area contributed by atoms with Crippen molar-refractivity contribution in [2.24, 2.45) is 0 Å². The standard InChI is InChI=1S/C24H24ClN3O3/c25-18-9-10-19(24(30)28-13-5-2-6-14-28)20(15-18)27-22(29)11-12-23-26-16-21(31-23)17-7-3-1-4-8-17/h1,3-4,7-10,15-16H,2,5-6,11-14H2,(H,27,29). The Kier molecular flexibility index (Phi) is 6.67. The average Bonchev–Trinajstić information content (AvgIpc) is 3.28. The summed E-state index contributed by atoms with van der Waals surface area (Å²) in [5.41, 5.74) is 1.83. The van der Waals surface area contributed by atoms with E-state index in [1.807, 2.05) is 35.2 Å². The number of rotatable bonds is 6. The second-order valence-corrected chi connectivity index (χ2v) is 8.01. The molecule has 0 aliphatic carbocycles. The average molecular weight is 438 g/mol. The Balaban J connectivity index is 1.40. The Morgan fingerprint density at radius 1 is 1.06 bits per heavy atom. The molecule has 0 radical (unpaired) electrons. The van der Waals surface area contributed by atoms with Gasteiger partial charge in [0.25, 0.3) is 5.91 Å². The second-order valence-electron chi connectivity index (χ2n) is 7.58. The molecule has 0 saturated carbocycles. The molecule has 160 valence electrons. The number of hydrogen-bond acceptors (Lipinski definition) is 4. The van der Waals surface area contributed by atoms with Crippen LogP contribution in [-0.4, -0.2) is 34.8 Å². The van der Waals surface area contributed by atoms with Gasteiger partial charge in [-0.05, 0) is 37.5 Å². The number of hydrogen-bond donors (Lipinski definition) is 1. The fraction of sp³-hybridized carbons (Fsp3) is 0.292. The lowest BCUT2D eigenvalue weighted by Crippen LogP contribution is -2.36. The highest BCUT2D eigenvalue weighted by atomic mass is 35.5. The number of benzene rings is 2. The van der Waals surface area contributed by atoms with E-state index in [2.05, 4.69) is 10.3 Å². The SMILES string of the molecule is O=C(CCc1ncc(-c2ccccc2)o1)Nc1cc(Cl)ccc1C(=O)N1CCCCC1. The predicted octanol–water partition coefficient (Wildman–Crippen LogP) is 5.19. The maximum Gasteiger partial charge on any atom is 0.255 e. The van der Waals surface area contributed by atoms with Gasteiger partial charge in [-0.15, -0.1) is 0 Å². The highest BCUT2D eigenvalue weighted by Gasteiger charge is 2.22. The summed E-state index contributed by atoms with van der Waals surface area (Å²) in [6.45, 7) is 1.48. The van der Waals surface area contributed by atoms with E-state index in [9.17, 15) is 9.59 Å². The van der Waals surface area contributed by atoms with Crippen molar-refractivity contribution in [3.8, 4) is 11.3 Å². The summed E-state index contributed by atoms with van der Waals surface area (Å²) in [5, 5.41) is 3.30. The van der Waals surface area contributed by atoms with Gasteiger partial charge in [-0.1, -0.05) is 41.9 Å². The van der Waals surface area contributed by atoms with Crippen LogP contribution in [0.1, 0.15) is 41.9 Å². The molecule has 7 heteroatoms. The largest absolute Gasteiger partial charge is 0.441 e. The quantitative estimate of drug-likeness (QED) is 0.575. The van der Waals surface area contributed by atoms with Gasteiger partial charge in [0.1, 0.15) is 0 Å². The molecule has 1 aliphatic heterocycles. The Labute approximate surface area is 186 Å². The third-order valence-electron chi connectivity index (χ3n) is 5.31. The number of amides is 2. The predicted molar refractivity (Wildman–Crippen MR) is 120 cm³/mol. The number of likely N-dealkylation sites (tertiary alicyclic amines) is 1. The van der Waals surface area contributed by atoms with Crippen molar-refractivity contribution >= 4 is 29.1 Å². The molecule has 2 amide bonds. The number of nitrogens with zero attached hydrogens (tertiary/aromatic N) is 2. The maximum absolute atomic E-state index is 12.9. The van der Waals surface area contributed by atoms with Crippen LogP contribution >= 0.6 is 11.6 Å². The summed E-state index contributed by atoms with van der Waals surface area (Å²) in [5.74, 6) is 0.853. The number of oxazole rings is 1. The number of anilines is 1. The highest BCUT2D eigenvalue weighted by molar-refractivity contribution is 6.31. The van der Waals surface area contributed by atoms with Gasteiger partial charge in [0.15, 0.2) is 11.7 Å². The Hall–Kier alpha value is -3.12. The summed E-state index contributed by atoms with van der Waals surface area (Å²) >= 11 is 6.12. The number of aromatic nitrogens is 1. The van der Waals surface area contributed by atoms with Gasteiger partial charge in [-0.25, -0.2) is 4.98 Å². The third-order valence-corrected chi connectivity index (χ3v) is 5.54. The van der Waals surface area contributed by atoms with Crippen LogP contribution in [0.15, 0.2) is 59.1 Å². The summed E-state index contributed by atoms with van der Waals surface area (Å²) in [4.78, 5) is 31.6. The maximum atomic E-state index is 12.9. The molecule has 0 unspecified atom stereocenters. The monoisotopic (exact) mass is 437 g/mol. The molecule has 0 atom stereocenters. The van der Waals surface area contributed by atoms with Gasteiger partial charge in [-0.3, -0.25) is 9.59 Å². The van der Waals surface area contributed by atoms with Crippen molar-refractivity contribution in [2.75, 3.05) is 18.4 Å². The molecule has 1 aliphatic rings. The van der Waals surface area contributed by atoms with Gasteiger partial charge in [0, 0.05) is 36.5 Å². The lowest BCUT2D eigenvalue weighted by Gasteiger charge is -2.27. The van der Waals surface area contributed by atoms with Crippen LogP contribution in [0.2, 0.25) is 5.02 Å². The molecular formula is C24H24ClN3O3. The number of carbonyl (C=O) groups is 2. The third kappa shape index (κ3) is 5.33. The Morgan fingerprint density at radius 2 is 1.84 bits per heavy atom. The van der Waals surface area contributed by atoms with Gasteiger partial charge < -0.3 is 14.6 Å². The first-order valence-electron chi connectivity index (χ1n) is 10.5. The van der Waals surface area contributed by atoms with E-state index in [1.165, 1.54) is 0 Å². The van der Waals surface area contributed by atoms with E-state index in [-0.39, 0.29) is 18.2 Å². The number of carbonyl (C=O) groups excluding carboxylic acids is 2. The fourth-order valence-corrected chi connectivity index (χ4v) is 3.84. The van der Waals surface area contributed by atoms with Crippen molar-refractivity contribution in [2.45, 2.75) is 32.1 Å². The van der Waals surface area contributed by atoms with Crippen LogP contribution in [-0.2, 0) is 11.2 Å². The summed E-state index contributed by atoms with van der Waals surface area (Å²) in [7, 11) is 0. The van der Waals surface area contributed by atoms with Crippen molar-refractivity contribution in [3.05, 3.63) is 71.2 Å². The van der Waals surface area contributed by atoms with Crippen LogP contribution < -0.4 is 5.32 Å². The van der Waals surface area contributed by atoms with Crippen molar-refractivity contribution in [3.63, 3.8) is 0 Å². The van der Waals surface area contributed by atoms with Gasteiger partial charge in [0.05, 0.1) is 17.4 Å². The first-order valence-corrected chi connectivity index (χ1v) is 10.9. The minimum absolute atomic E-state index is 0.0770. The normalized spacial score (nSPS) is 13.8. The van der Waals surface area contributed by atoms with Crippen LogP contribution in [0, 0.1) is 0 Å². The first-order chi connectivity index (χ1) is 15.1. The molecule has 1 aromatic heterocycles. The topological polar surface area (TPSA) is 75.4 Å². The molecular weight excluding hydrogens is 414 g/mol. The molecule has 2 heterocycles. The van der Waals surface area contributed by atoms with E-state index in [0.717, 1.165) is 37.9 Å². The summed E-state index contributed by atoms with van der Waals surface area (Å²) < 4.78 is 5.76. The Morgan fingerprint density at radius 3 is 2.61 bits per heavy atom. The molecule has 4 rings (SSSR count). The van der Waals surface area contributed by atoms with E-state index in [0.29, 0.717) is 34.3 Å². The molecule has 6 nitrogen and oxygen atoms in total. The zero-order valence-corrected chi connectivity index (χ0v) is 17.9. The molecule has 1 fully saturated rings. The van der Waals surface area contributed by atoms with Crippen LogP contribution in [0.25, 0.3) is 11.3 Å². The van der Waals surface area contributed by atoms with Crippen LogP contribution in [0.5, 0.6) is 0 Å². The lowest BCUT2D eigenvalue weighted by molar-refractivity contribution is -0.116. The molecule has 0 spiro atoms. The summed E-state index contributed by atoms with van der Waals surface area (Å²) in [6.07, 6.45) is 5.34. The number of piperidine rings is 1. The highest BCUT2D eigenvalue weighted by Crippen LogP contribution is 2.25. The number of nitrogens with one attached hydrogen (secondary N) is 1. The van der Waals surface area contributed by atoms with E-state index in [1.54, 1.807) is 24.4 Å². The zero-order valence-electron chi connectivity index (χ0n) is 17.1. The summed E-state index contributed by atoms with van der Waals surface area (Å²) in [6, 6.07) is 14.6. The smallest absolute Gasteiger partial charge is 0.255 e. The Bertz CT molecular complexity index is 1060. The molecule has 2 aromatic carbocycles. The van der Waals surface area contributed by atoms with E-state index < -0.39 is 0 Å². The number of halogens is 1. The molecule has 1 N–H and O–H groups in total. The van der Waals surface area contributed by atoms with Crippen molar-refractivity contribution in [1.29, 1.82) is 0 Å². The number of aryl methyl sites for hydroxylation is 1. The molecule has 1 saturated heterocycles. The first kappa shape index (κ1) is 21.1. The second kappa shape index (κ2) is 9.79. The molecule has 3 aromatic rings. The van der Waals surface area contributed by atoms with E-state index in [4.69, 9.17) is 16.0 Å². The lowest BCUT2D eigenvalue weighted by atomic mass is 10.1. The van der Waals surface area contributed by atoms with Crippen molar-refractivity contribution < 1.29 is 14.0 Å². The van der Waals surface area contributed by atoms with Gasteiger partial charge >= 0.3 is 0 Å². The van der Waals surface area contributed by atoms with E-state index >= 15 is 0 Å². The van der Waals surface area contributed by atoms with Gasteiger partial charge in [-0.2, -0.15) is 0 Å². The fourth-order valence-electron chi connectivity index (χ4n) is 3.67.